The van der Waals surface area contributed by atoms with E-state index in [2.05, 4.69) is 10.6 Å². The van der Waals surface area contributed by atoms with E-state index in [0.29, 0.717) is 22.3 Å². The number of amides is 2. The normalized spacial score (nSPS) is 12.7. The van der Waals surface area contributed by atoms with Crippen LogP contribution < -0.4 is 10.6 Å². The van der Waals surface area contributed by atoms with Gasteiger partial charge in [-0.2, -0.15) is 0 Å². The van der Waals surface area contributed by atoms with E-state index in [1.165, 1.54) is 0 Å². The molecule has 0 saturated carbocycles. The molecule has 2 aromatic carbocycles. The maximum absolute atomic E-state index is 14.3. The van der Waals surface area contributed by atoms with Gasteiger partial charge in [-0.3, -0.25) is 28.8 Å². The van der Waals surface area contributed by atoms with Crippen molar-refractivity contribution in [3.05, 3.63) is 81.5 Å². The van der Waals surface area contributed by atoms with Gasteiger partial charge in [-0.05, 0) is 38.8 Å². The molecule has 2 amide bonds. The Morgan fingerprint density at radius 2 is 0.833 bits per heavy atom. The lowest BCUT2D eigenvalue weighted by Gasteiger charge is -2.34. The summed E-state index contributed by atoms with van der Waals surface area (Å²) in [7, 11) is 0. The fraction of sp³-hybridized carbons (Fsp3) is 0.333. The third-order valence-electron chi connectivity index (χ3n) is 8.37. The number of carbonyl (C=O) groups excluding carboxylic acids is 8. The number of benzene rings is 2. The molecule has 16 nitrogen and oxygen atoms in total. The summed E-state index contributed by atoms with van der Waals surface area (Å²) < 4.78 is 32.3. The van der Waals surface area contributed by atoms with E-state index >= 15 is 0 Å². The van der Waals surface area contributed by atoms with Crippen molar-refractivity contribution in [1.29, 1.82) is 0 Å². The van der Waals surface area contributed by atoms with Crippen LogP contribution in [-0.2, 0) is 57.2 Å². The lowest BCUT2D eigenvalue weighted by Crippen LogP contribution is -2.57. The van der Waals surface area contributed by atoms with Gasteiger partial charge in [0.05, 0.1) is 13.2 Å². The molecule has 0 aliphatic rings. The van der Waals surface area contributed by atoms with Crippen molar-refractivity contribution < 1.29 is 66.8 Å². The SMILES string of the molecule is CCOC(=O)c1c(-c2ccc(C)cc2)csc1NC(=O)C(OC(C)=O)C(OC(C)=O)C(OC(C)=O)C(OC(C)=O)C(=O)Nc1scc(-c2ccc(C)cc2)c1C(=O)OCC. The fourth-order valence-electron chi connectivity index (χ4n) is 5.85. The molecule has 2 heterocycles. The monoisotopic (exact) mass is 864 g/mol. The van der Waals surface area contributed by atoms with Crippen LogP contribution in [-0.4, -0.2) is 85.3 Å². The van der Waals surface area contributed by atoms with E-state index in [0.717, 1.165) is 61.5 Å². The van der Waals surface area contributed by atoms with Gasteiger partial charge in [0.25, 0.3) is 11.8 Å². The number of nitrogens with one attached hydrogen (secondary N) is 2. The second-order valence-corrected chi connectivity index (χ2v) is 14.8. The fourth-order valence-corrected chi connectivity index (χ4v) is 7.77. The largest absolute Gasteiger partial charge is 0.462 e. The van der Waals surface area contributed by atoms with Crippen LogP contribution in [0.25, 0.3) is 22.3 Å². The van der Waals surface area contributed by atoms with Crippen LogP contribution in [0.1, 0.15) is 73.4 Å². The first-order valence-corrected chi connectivity index (χ1v) is 20.2. The molecular formula is C42H44N2O14S2. The number of hydrogen-bond acceptors (Lipinski definition) is 16. The summed E-state index contributed by atoms with van der Waals surface area (Å²) in [6.07, 6.45) is -8.79. The van der Waals surface area contributed by atoms with Gasteiger partial charge < -0.3 is 39.1 Å². The van der Waals surface area contributed by atoms with Gasteiger partial charge in [0, 0.05) is 49.6 Å². The average Bonchev–Trinajstić information content (AvgIpc) is 3.79. The minimum Gasteiger partial charge on any atom is -0.462 e. The lowest BCUT2D eigenvalue weighted by atomic mass is 9.99. The third-order valence-corrected chi connectivity index (χ3v) is 10.2. The Balaban J connectivity index is 1.83. The van der Waals surface area contributed by atoms with Crippen molar-refractivity contribution in [3.63, 3.8) is 0 Å². The van der Waals surface area contributed by atoms with Crippen molar-refractivity contribution in [3.8, 4) is 22.3 Å². The van der Waals surface area contributed by atoms with Crippen LogP contribution in [0.4, 0.5) is 10.0 Å². The highest BCUT2D eigenvalue weighted by Crippen LogP contribution is 2.38. The predicted octanol–water partition coefficient (Wildman–Crippen LogP) is 6.42. The summed E-state index contributed by atoms with van der Waals surface area (Å²) in [5.41, 5.74) is 3.84. The highest BCUT2D eigenvalue weighted by molar-refractivity contribution is 7.15. The maximum atomic E-state index is 14.3. The maximum Gasteiger partial charge on any atom is 0.341 e. The molecule has 0 bridgehead atoms. The van der Waals surface area contributed by atoms with Gasteiger partial charge >= 0.3 is 35.8 Å². The van der Waals surface area contributed by atoms with E-state index in [1.54, 1.807) is 48.9 Å². The van der Waals surface area contributed by atoms with Crippen LogP contribution in [0.5, 0.6) is 0 Å². The van der Waals surface area contributed by atoms with Crippen molar-refractivity contribution in [2.24, 2.45) is 0 Å². The Hall–Kier alpha value is -6.40. The number of ether oxygens (including phenoxy) is 6. The summed E-state index contributed by atoms with van der Waals surface area (Å²) in [5, 5.41) is 8.15. The van der Waals surface area contributed by atoms with E-state index in [1.807, 2.05) is 38.1 Å². The Morgan fingerprint density at radius 1 is 0.517 bits per heavy atom. The van der Waals surface area contributed by atoms with E-state index in [9.17, 15) is 38.4 Å². The second-order valence-electron chi connectivity index (χ2n) is 13.1. The van der Waals surface area contributed by atoms with E-state index < -0.39 is 72.0 Å². The zero-order valence-corrected chi connectivity index (χ0v) is 35.7. The smallest absolute Gasteiger partial charge is 0.341 e. The molecule has 0 aliphatic heterocycles. The molecular weight excluding hydrogens is 821 g/mol. The van der Waals surface area contributed by atoms with Crippen LogP contribution in [0, 0.1) is 13.8 Å². The van der Waals surface area contributed by atoms with Crippen LogP contribution in [0.15, 0.2) is 59.3 Å². The molecule has 0 fully saturated rings. The topological polar surface area (TPSA) is 216 Å². The van der Waals surface area contributed by atoms with Crippen molar-refractivity contribution >= 4 is 80.3 Å². The highest BCUT2D eigenvalue weighted by Gasteiger charge is 2.49. The summed E-state index contributed by atoms with van der Waals surface area (Å²) >= 11 is 1.86. The van der Waals surface area contributed by atoms with Crippen LogP contribution in [0.2, 0.25) is 0 Å². The lowest BCUT2D eigenvalue weighted by molar-refractivity contribution is -0.198. The van der Waals surface area contributed by atoms with Crippen molar-refractivity contribution in [1.82, 2.24) is 0 Å². The first kappa shape index (κ1) is 46.3. The number of aryl methyl sites for hydroxylation is 2. The van der Waals surface area contributed by atoms with Gasteiger partial charge in [-0.1, -0.05) is 59.7 Å². The number of thiophene rings is 2. The second kappa shape index (κ2) is 21.0. The third kappa shape index (κ3) is 11.8. The molecule has 18 heteroatoms. The van der Waals surface area contributed by atoms with E-state index in [4.69, 9.17) is 28.4 Å². The molecule has 0 spiro atoms. The van der Waals surface area contributed by atoms with Gasteiger partial charge in [0.2, 0.25) is 12.2 Å². The van der Waals surface area contributed by atoms with Gasteiger partial charge in [-0.15, -0.1) is 22.7 Å². The zero-order valence-electron chi connectivity index (χ0n) is 34.0. The molecule has 2 aromatic heterocycles. The average molecular weight is 865 g/mol. The van der Waals surface area contributed by atoms with Crippen LogP contribution >= 0.6 is 22.7 Å². The number of rotatable bonds is 17. The number of hydrogen-bond donors (Lipinski definition) is 2. The first-order valence-electron chi connectivity index (χ1n) is 18.5. The minimum atomic E-state index is -2.22. The Bertz CT molecular complexity index is 2090. The van der Waals surface area contributed by atoms with Gasteiger partial charge in [0.15, 0.2) is 12.2 Å². The molecule has 2 N–H and O–H groups in total. The molecule has 0 radical (unpaired) electrons. The first-order chi connectivity index (χ1) is 28.4. The number of esters is 6. The molecule has 4 unspecified atom stereocenters. The summed E-state index contributed by atoms with van der Waals surface area (Å²) in [4.78, 5) is 106. The summed E-state index contributed by atoms with van der Waals surface area (Å²) in [5.74, 6) is -8.36. The number of carbonyl (C=O) groups is 8. The van der Waals surface area contributed by atoms with E-state index in [-0.39, 0.29) is 34.3 Å². The molecule has 0 aliphatic carbocycles. The Kier molecular flexibility index (Phi) is 16.2. The highest BCUT2D eigenvalue weighted by atomic mass is 32.1. The molecule has 60 heavy (non-hydrogen) atoms. The molecule has 4 atom stereocenters. The molecule has 0 saturated heterocycles. The van der Waals surface area contributed by atoms with Crippen molar-refractivity contribution in [2.75, 3.05) is 23.8 Å². The van der Waals surface area contributed by atoms with Crippen molar-refractivity contribution in [2.45, 2.75) is 79.8 Å². The molecule has 318 valence electrons. The van der Waals surface area contributed by atoms with Gasteiger partial charge in [-0.25, -0.2) is 9.59 Å². The Labute approximate surface area is 353 Å². The minimum absolute atomic E-state index is 0.0102. The summed E-state index contributed by atoms with van der Waals surface area (Å²) in [6, 6.07) is 14.4. The zero-order chi connectivity index (χ0) is 44.3. The molecule has 4 rings (SSSR count). The summed E-state index contributed by atoms with van der Waals surface area (Å²) in [6.45, 7) is 10.7. The number of anilines is 2. The molecule has 4 aromatic rings. The van der Waals surface area contributed by atoms with Crippen LogP contribution in [0.3, 0.4) is 0 Å². The van der Waals surface area contributed by atoms with Gasteiger partial charge in [0.1, 0.15) is 21.1 Å². The standard InChI is InChI=1S/C42H44N2O14S2/c1-9-53-41(51)31-29(27-15-11-21(3)12-16-27)19-59-39(31)43-37(49)35(57-25(7)47)33(55-23(5)45)34(56-24(6)46)36(58-26(8)48)38(50)44-40-32(42(52)54-10-2)30(20-60-40)28-17-13-22(4)14-18-28/h11-20,33-36H,9-10H2,1-8H3,(H,43,49)(H,44,50). The predicted molar refractivity (Wildman–Crippen MR) is 220 cm³/mol. The quantitative estimate of drug-likeness (QED) is 0.0866. The Morgan fingerprint density at radius 3 is 1.12 bits per heavy atom.